The second kappa shape index (κ2) is 8.30. The van der Waals surface area contributed by atoms with Crippen LogP contribution in [0, 0.1) is 6.92 Å². The molecule has 0 amide bonds. The quantitative estimate of drug-likeness (QED) is 0.448. The van der Waals surface area contributed by atoms with E-state index in [1.54, 1.807) is 24.3 Å². The average Bonchev–Trinajstić information content (AvgIpc) is 3.18. The molecular weight excluding hydrogens is 398 g/mol. The minimum absolute atomic E-state index is 0.0675. The number of aryl methyl sites for hydroxylation is 1. The largest absolute Gasteiger partial charge is 0.372 e. The summed E-state index contributed by atoms with van der Waals surface area (Å²) in [5.74, 6) is 0.818. The van der Waals surface area contributed by atoms with Gasteiger partial charge in [-0.15, -0.1) is 0 Å². The van der Waals surface area contributed by atoms with Gasteiger partial charge in [0.15, 0.2) is 0 Å². The van der Waals surface area contributed by atoms with Gasteiger partial charge in [-0.05, 0) is 55.5 Å². The SMILES string of the molecule is Cc1ccc(S(=O)(=O)OCCN(C)c2ccc(-c3nc4ccccc4[nH]3)cc2)cc1. The van der Waals surface area contributed by atoms with Gasteiger partial charge in [-0.3, -0.25) is 4.18 Å². The molecule has 0 aliphatic heterocycles. The van der Waals surface area contributed by atoms with Crippen LogP contribution in [0.3, 0.4) is 0 Å². The zero-order valence-electron chi connectivity index (χ0n) is 16.9. The maximum Gasteiger partial charge on any atom is 0.297 e. The van der Waals surface area contributed by atoms with Crippen molar-refractivity contribution in [2.24, 2.45) is 0 Å². The van der Waals surface area contributed by atoms with E-state index in [4.69, 9.17) is 4.18 Å². The summed E-state index contributed by atoms with van der Waals surface area (Å²) in [5, 5.41) is 0. The molecule has 4 aromatic rings. The summed E-state index contributed by atoms with van der Waals surface area (Å²) in [6.45, 7) is 2.42. The Bertz CT molecular complexity index is 1210. The number of fused-ring (bicyclic) bond motifs is 1. The highest BCUT2D eigenvalue weighted by Gasteiger charge is 2.15. The number of benzene rings is 3. The second-order valence-electron chi connectivity index (χ2n) is 7.16. The van der Waals surface area contributed by atoms with Gasteiger partial charge >= 0.3 is 0 Å². The number of likely N-dealkylation sites (N-methyl/N-ethyl adjacent to an activating group) is 1. The number of hydrogen-bond donors (Lipinski definition) is 1. The number of H-pyrrole nitrogens is 1. The monoisotopic (exact) mass is 421 g/mol. The first-order valence-electron chi connectivity index (χ1n) is 9.65. The Morgan fingerprint density at radius 3 is 2.37 bits per heavy atom. The Labute approximate surface area is 176 Å². The standard InChI is InChI=1S/C23H23N3O3S/c1-17-7-13-20(14-8-17)30(27,28)29-16-15-26(2)19-11-9-18(10-12-19)23-24-21-5-3-4-6-22(21)25-23/h3-14H,15-16H2,1-2H3,(H,24,25). The molecule has 0 aliphatic rings. The highest BCUT2D eigenvalue weighted by molar-refractivity contribution is 7.86. The van der Waals surface area contributed by atoms with Gasteiger partial charge < -0.3 is 9.88 Å². The zero-order chi connectivity index (χ0) is 21.1. The van der Waals surface area contributed by atoms with E-state index in [9.17, 15) is 8.42 Å². The highest BCUT2D eigenvalue weighted by atomic mass is 32.2. The van der Waals surface area contributed by atoms with E-state index in [1.807, 2.05) is 67.4 Å². The van der Waals surface area contributed by atoms with Crippen LogP contribution in [0.1, 0.15) is 5.56 Å². The number of aromatic amines is 1. The second-order valence-corrected chi connectivity index (χ2v) is 8.78. The predicted molar refractivity (Wildman–Crippen MR) is 119 cm³/mol. The zero-order valence-corrected chi connectivity index (χ0v) is 17.7. The van der Waals surface area contributed by atoms with Gasteiger partial charge in [0, 0.05) is 24.8 Å². The maximum absolute atomic E-state index is 12.3. The van der Waals surface area contributed by atoms with Crippen molar-refractivity contribution in [3.63, 3.8) is 0 Å². The van der Waals surface area contributed by atoms with Crippen LogP contribution < -0.4 is 4.90 Å². The fourth-order valence-electron chi connectivity index (χ4n) is 3.15. The first-order valence-corrected chi connectivity index (χ1v) is 11.1. The molecule has 7 heteroatoms. The van der Waals surface area contributed by atoms with E-state index in [1.165, 1.54) is 0 Å². The normalized spacial score (nSPS) is 11.7. The summed E-state index contributed by atoms with van der Waals surface area (Å²) in [5.41, 5.74) is 4.88. The van der Waals surface area contributed by atoms with Crippen LogP contribution in [0.15, 0.2) is 77.7 Å². The Kier molecular flexibility index (Phi) is 5.57. The number of aromatic nitrogens is 2. The molecule has 0 atom stereocenters. The van der Waals surface area contributed by atoms with Crippen molar-refractivity contribution in [3.8, 4) is 11.4 Å². The molecule has 0 saturated carbocycles. The first-order chi connectivity index (χ1) is 14.4. The molecule has 0 spiro atoms. The van der Waals surface area contributed by atoms with E-state index in [0.29, 0.717) is 6.54 Å². The molecular formula is C23H23N3O3S. The minimum atomic E-state index is -3.75. The molecule has 0 saturated heterocycles. The van der Waals surface area contributed by atoms with E-state index in [-0.39, 0.29) is 11.5 Å². The van der Waals surface area contributed by atoms with Crippen molar-refractivity contribution < 1.29 is 12.6 Å². The van der Waals surface area contributed by atoms with Crippen LogP contribution in [0.4, 0.5) is 5.69 Å². The molecule has 1 N–H and O–H groups in total. The highest BCUT2D eigenvalue weighted by Crippen LogP contribution is 2.23. The molecule has 0 fully saturated rings. The topological polar surface area (TPSA) is 75.3 Å². The third-order valence-corrected chi connectivity index (χ3v) is 6.27. The summed E-state index contributed by atoms with van der Waals surface area (Å²) in [7, 11) is -1.85. The molecule has 0 radical (unpaired) electrons. The van der Waals surface area contributed by atoms with Gasteiger partial charge in [0.2, 0.25) is 0 Å². The Balaban J connectivity index is 1.38. The molecule has 3 aromatic carbocycles. The number of nitrogens with zero attached hydrogens (tertiary/aromatic N) is 2. The van der Waals surface area contributed by atoms with E-state index >= 15 is 0 Å². The summed E-state index contributed by atoms with van der Waals surface area (Å²) in [6, 6.07) is 22.5. The Morgan fingerprint density at radius 2 is 1.67 bits per heavy atom. The van der Waals surface area contributed by atoms with E-state index in [0.717, 1.165) is 33.7 Å². The van der Waals surface area contributed by atoms with Crippen LogP contribution >= 0.6 is 0 Å². The van der Waals surface area contributed by atoms with Crippen molar-refractivity contribution in [2.45, 2.75) is 11.8 Å². The van der Waals surface area contributed by atoms with Crippen molar-refractivity contribution >= 4 is 26.8 Å². The molecule has 0 aliphatic carbocycles. The molecule has 1 aromatic heterocycles. The van der Waals surface area contributed by atoms with Crippen LogP contribution in [0.5, 0.6) is 0 Å². The molecule has 1 heterocycles. The number of rotatable bonds is 7. The summed E-state index contributed by atoms with van der Waals surface area (Å²) in [6.07, 6.45) is 0. The average molecular weight is 422 g/mol. The smallest absolute Gasteiger partial charge is 0.297 e. The fraction of sp³-hybridized carbons (Fsp3) is 0.174. The van der Waals surface area contributed by atoms with Gasteiger partial charge in [-0.25, -0.2) is 4.98 Å². The molecule has 0 unspecified atom stereocenters. The van der Waals surface area contributed by atoms with Gasteiger partial charge in [-0.2, -0.15) is 8.42 Å². The Morgan fingerprint density at radius 1 is 0.967 bits per heavy atom. The molecule has 4 rings (SSSR count). The molecule has 154 valence electrons. The number of para-hydroxylation sites is 2. The predicted octanol–water partition coefficient (Wildman–Crippen LogP) is 4.38. The van der Waals surface area contributed by atoms with Gasteiger partial charge in [0.25, 0.3) is 10.1 Å². The van der Waals surface area contributed by atoms with Gasteiger partial charge in [0.05, 0.1) is 22.5 Å². The van der Waals surface area contributed by atoms with E-state index in [2.05, 4.69) is 9.97 Å². The van der Waals surface area contributed by atoms with Crippen LogP contribution in [-0.4, -0.2) is 38.6 Å². The lowest BCUT2D eigenvalue weighted by Crippen LogP contribution is -2.24. The third-order valence-electron chi connectivity index (χ3n) is 4.95. The third kappa shape index (κ3) is 4.37. The lowest BCUT2D eigenvalue weighted by atomic mass is 10.2. The van der Waals surface area contributed by atoms with Gasteiger partial charge in [-0.1, -0.05) is 29.8 Å². The van der Waals surface area contributed by atoms with Crippen molar-refractivity contribution in [3.05, 3.63) is 78.4 Å². The number of anilines is 1. The lowest BCUT2D eigenvalue weighted by Gasteiger charge is -2.19. The van der Waals surface area contributed by atoms with Crippen LogP contribution in [0.2, 0.25) is 0 Å². The molecule has 30 heavy (non-hydrogen) atoms. The lowest BCUT2D eigenvalue weighted by molar-refractivity contribution is 0.325. The van der Waals surface area contributed by atoms with Crippen LogP contribution in [-0.2, 0) is 14.3 Å². The maximum atomic E-state index is 12.3. The van der Waals surface area contributed by atoms with Crippen molar-refractivity contribution in [2.75, 3.05) is 25.1 Å². The molecule has 6 nitrogen and oxygen atoms in total. The first kappa shape index (κ1) is 20.1. The van der Waals surface area contributed by atoms with Crippen molar-refractivity contribution in [1.29, 1.82) is 0 Å². The van der Waals surface area contributed by atoms with Gasteiger partial charge in [0.1, 0.15) is 5.82 Å². The minimum Gasteiger partial charge on any atom is -0.372 e. The summed E-state index contributed by atoms with van der Waals surface area (Å²) >= 11 is 0. The summed E-state index contributed by atoms with van der Waals surface area (Å²) in [4.78, 5) is 10.1. The summed E-state index contributed by atoms with van der Waals surface area (Å²) < 4.78 is 29.8. The molecule has 0 bridgehead atoms. The van der Waals surface area contributed by atoms with E-state index < -0.39 is 10.1 Å². The number of hydrogen-bond acceptors (Lipinski definition) is 5. The number of imidazole rings is 1. The Hall–Kier alpha value is -3.16. The van der Waals surface area contributed by atoms with Crippen molar-refractivity contribution in [1.82, 2.24) is 9.97 Å². The number of nitrogens with one attached hydrogen (secondary N) is 1. The fourth-order valence-corrected chi connectivity index (χ4v) is 4.05. The van der Waals surface area contributed by atoms with Crippen LogP contribution in [0.25, 0.3) is 22.4 Å².